The largest absolute Gasteiger partial charge is 0.454 e. The van der Waals surface area contributed by atoms with E-state index in [4.69, 9.17) is 14.4 Å². The lowest BCUT2D eigenvalue weighted by molar-refractivity contribution is 0.671. The van der Waals surface area contributed by atoms with Gasteiger partial charge in [-0.15, -0.1) is 0 Å². The third kappa shape index (κ3) is 3.87. The maximum Gasteiger partial charge on any atom is 0.162 e. The standard InChI is InChI=1S/C46H27N3O/c1-2-12-28(13-3-1)46-47-40(29-22-23-34-32-16-5-4-14-30(32)31-15-6-7-17-33(31)39(34)26-29)27-43(48-46)49-41-20-10-8-18-35(41)37-24-25-38-36-19-9-11-21-42(36)50-45(38)44(37)49/h1-27H. The molecule has 0 saturated carbocycles. The molecule has 11 aromatic rings. The second kappa shape index (κ2) is 10.4. The van der Waals surface area contributed by atoms with Gasteiger partial charge in [0.05, 0.1) is 16.7 Å². The maximum atomic E-state index is 6.65. The number of benzene rings is 8. The molecule has 0 unspecified atom stereocenters. The molecule has 8 aromatic carbocycles. The normalized spacial score (nSPS) is 12.0. The highest BCUT2D eigenvalue weighted by Crippen LogP contribution is 2.41. The van der Waals surface area contributed by atoms with Crippen LogP contribution in [0, 0.1) is 0 Å². The van der Waals surface area contributed by atoms with E-state index in [2.05, 4.69) is 138 Å². The zero-order valence-electron chi connectivity index (χ0n) is 26.8. The smallest absolute Gasteiger partial charge is 0.162 e. The van der Waals surface area contributed by atoms with E-state index in [9.17, 15) is 0 Å². The van der Waals surface area contributed by atoms with Crippen LogP contribution >= 0.6 is 0 Å². The van der Waals surface area contributed by atoms with E-state index < -0.39 is 0 Å². The molecule has 0 radical (unpaired) electrons. The molecule has 4 heteroatoms. The number of hydrogen-bond donors (Lipinski definition) is 0. The average Bonchev–Trinajstić information content (AvgIpc) is 3.74. The summed E-state index contributed by atoms with van der Waals surface area (Å²) in [5, 5.41) is 11.9. The van der Waals surface area contributed by atoms with Gasteiger partial charge in [-0.05, 0) is 56.6 Å². The summed E-state index contributed by atoms with van der Waals surface area (Å²) in [6, 6.07) is 57.7. The number of nitrogens with zero attached hydrogens (tertiary/aromatic N) is 3. The Kier molecular flexibility index (Phi) is 5.63. The summed E-state index contributed by atoms with van der Waals surface area (Å²) < 4.78 is 8.91. The Labute approximate surface area is 286 Å². The second-order valence-electron chi connectivity index (χ2n) is 12.9. The molecule has 232 valence electrons. The molecule has 3 aromatic heterocycles. The van der Waals surface area contributed by atoms with Gasteiger partial charge in [-0.25, -0.2) is 9.97 Å². The fourth-order valence-electron chi connectivity index (χ4n) is 7.95. The minimum atomic E-state index is 0.671. The summed E-state index contributed by atoms with van der Waals surface area (Å²) in [5.41, 5.74) is 6.64. The van der Waals surface area contributed by atoms with E-state index in [-0.39, 0.29) is 0 Å². The Morgan fingerprint density at radius 1 is 0.400 bits per heavy atom. The molecule has 0 aliphatic heterocycles. The summed E-state index contributed by atoms with van der Waals surface area (Å²) in [5.74, 6) is 1.46. The van der Waals surface area contributed by atoms with Gasteiger partial charge in [0, 0.05) is 38.7 Å². The molecule has 0 fully saturated rings. The molecule has 0 aliphatic carbocycles. The van der Waals surface area contributed by atoms with Crippen LogP contribution in [0.4, 0.5) is 0 Å². The molecule has 0 bridgehead atoms. The quantitative estimate of drug-likeness (QED) is 0.181. The summed E-state index contributed by atoms with van der Waals surface area (Å²) in [4.78, 5) is 10.5. The molecular formula is C46H27N3O. The molecule has 3 heterocycles. The maximum absolute atomic E-state index is 6.65. The first kappa shape index (κ1) is 27.2. The van der Waals surface area contributed by atoms with Crippen molar-refractivity contribution >= 4 is 76.1 Å². The van der Waals surface area contributed by atoms with Crippen LogP contribution in [0.15, 0.2) is 168 Å². The summed E-state index contributed by atoms with van der Waals surface area (Å²) in [6.07, 6.45) is 0. The Hall–Kier alpha value is -6.78. The van der Waals surface area contributed by atoms with E-state index in [1.54, 1.807) is 0 Å². The third-order valence-electron chi connectivity index (χ3n) is 10.2. The number of fused-ring (bicyclic) bond motifs is 13. The van der Waals surface area contributed by atoms with Crippen molar-refractivity contribution < 1.29 is 4.42 Å². The number of rotatable bonds is 3. The Morgan fingerprint density at radius 2 is 0.980 bits per heavy atom. The monoisotopic (exact) mass is 637 g/mol. The van der Waals surface area contributed by atoms with Crippen molar-refractivity contribution in [3.05, 3.63) is 164 Å². The van der Waals surface area contributed by atoms with E-state index in [0.717, 1.165) is 66.4 Å². The first-order valence-electron chi connectivity index (χ1n) is 16.9. The third-order valence-corrected chi connectivity index (χ3v) is 10.2. The van der Waals surface area contributed by atoms with Gasteiger partial charge in [0.2, 0.25) is 0 Å². The second-order valence-corrected chi connectivity index (χ2v) is 12.9. The molecule has 0 N–H and O–H groups in total. The van der Waals surface area contributed by atoms with Crippen LogP contribution in [0.2, 0.25) is 0 Å². The topological polar surface area (TPSA) is 43.9 Å². The van der Waals surface area contributed by atoms with Gasteiger partial charge in [-0.3, -0.25) is 4.57 Å². The van der Waals surface area contributed by atoms with Gasteiger partial charge in [-0.2, -0.15) is 0 Å². The number of hydrogen-bond acceptors (Lipinski definition) is 3. The van der Waals surface area contributed by atoms with Gasteiger partial charge < -0.3 is 4.42 Å². The molecule has 4 nitrogen and oxygen atoms in total. The Bertz CT molecular complexity index is 3120. The minimum absolute atomic E-state index is 0.671. The SMILES string of the molecule is c1ccc(-c2nc(-c3ccc4c5ccccc5c5ccccc5c4c3)cc(-n3c4ccccc4c4ccc5c6ccccc6oc5c43)n2)cc1. The van der Waals surface area contributed by atoms with Gasteiger partial charge in [0.15, 0.2) is 11.4 Å². The number of para-hydroxylation sites is 2. The zero-order chi connectivity index (χ0) is 32.8. The van der Waals surface area contributed by atoms with Crippen LogP contribution in [0.3, 0.4) is 0 Å². The highest BCUT2D eigenvalue weighted by atomic mass is 16.3. The van der Waals surface area contributed by atoms with Crippen molar-refractivity contribution in [1.82, 2.24) is 14.5 Å². The predicted octanol–water partition coefficient (Wildman–Crippen LogP) is 12.3. The van der Waals surface area contributed by atoms with E-state index in [1.165, 1.54) is 32.3 Å². The summed E-state index contributed by atoms with van der Waals surface area (Å²) >= 11 is 0. The molecule has 0 spiro atoms. The van der Waals surface area contributed by atoms with Crippen molar-refractivity contribution in [3.8, 4) is 28.5 Å². The van der Waals surface area contributed by atoms with Crippen LogP contribution in [0.5, 0.6) is 0 Å². The number of furan rings is 1. The lowest BCUT2D eigenvalue weighted by atomic mass is 9.93. The van der Waals surface area contributed by atoms with Gasteiger partial charge >= 0.3 is 0 Å². The molecule has 50 heavy (non-hydrogen) atoms. The lowest BCUT2D eigenvalue weighted by Crippen LogP contribution is -2.02. The highest BCUT2D eigenvalue weighted by molar-refractivity contribution is 6.26. The first-order valence-corrected chi connectivity index (χ1v) is 16.9. The van der Waals surface area contributed by atoms with E-state index in [1.807, 2.05) is 30.3 Å². The minimum Gasteiger partial charge on any atom is -0.454 e. The average molecular weight is 638 g/mol. The Morgan fingerprint density at radius 3 is 1.74 bits per heavy atom. The van der Waals surface area contributed by atoms with Gasteiger partial charge in [-0.1, -0.05) is 133 Å². The van der Waals surface area contributed by atoms with Crippen LogP contribution in [-0.4, -0.2) is 14.5 Å². The van der Waals surface area contributed by atoms with Gasteiger partial charge in [0.25, 0.3) is 0 Å². The van der Waals surface area contributed by atoms with Crippen molar-refractivity contribution in [2.24, 2.45) is 0 Å². The molecule has 0 atom stereocenters. The van der Waals surface area contributed by atoms with Crippen molar-refractivity contribution in [2.45, 2.75) is 0 Å². The van der Waals surface area contributed by atoms with Crippen molar-refractivity contribution in [1.29, 1.82) is 0 Å². The molecule has 0 amide bonds. The zero-order valence-corrected chi connectivity index (χ0v) is 26.8. The van der Waals surface area contributed by atoms with E-state index in [0.29, 0.717) is 5.82 Å². The fraction of sp³-hybridized carbons (Fsp3) is 0. The van der Waals surface area contributed by atoms with Crippen LogP contribution in [0.25, 0.3) is 105 Å². The summed E-state index contributed by atoms with van der Waals surface area (Å²) in [7, 11) is 0. The van der Waals surface area contributed by atoms with Crippen LogP contribution in [-0.2, 0) is 0 Å². The fourth-order valence-corrected chi connectivity index (χ4v) is 7.95. The molecule has 11 rings (SSSR count). The number of aromatic nitrogens is 3. The van der Waals surface area contributed by atoms with Crippen LogP contribution < -0.4 is 0 Å². The summed E-state index contributed by atoms with van der Waals surface area (Å²) in [6.45, 7) is 0. The predicted molar refractivity (Wildman–Crippen MR) is 207 cm³/mol. The molecular weight excluding hydrogens is 611 g/mol. The van der Waals surface area contributed by atoms with Crippen molar-refractivity contribution in [2.75, 3.05) is 0 Å². The van der Waals surface area contributed by atoms with E-state index >= 15 is 0 Å². The van der Waals surface area contributed by atoms with Crippen LogP contribution in [0.1, 0.15) is 0 Å². The lowest BCUT2D eigenvalue weighted by Gasteiger charge is -2.14. The Balaban J connectivity index is 1.24. The van der Waals surface area contributed by atoms with Crippen molar-refractivity contribution in [3.63, 3.8) is 0 Å². The molecule has 0 saturated heterocycles. The first-order chi connectivity index (χ1) is 24.8. The van der Waals surface area contributed by atoms with Gasteiger partial charge in [0.1, 0.15) is 11.4 Å². The highest BCUT2D eigenvalue weighted by Gasteiger charge is 2.21. The molecule has 0 aliphatic rings.